The van der Waals surface area contributed by atoms with Gasteiger partial charge in [-0.2, -0.15) is 10.1 Å². The van der Waals surface area contributed by atoms with Crippen LogP contribution < -0.4 is 0 Å². The van der Waals surface area contributed by atoms with Gasteiger partial charge in [0.05, 0.1) is 18.6 Å². The van der Waals surface area contributed by atoms with Gasteiger partial charge in [0.1, 0.15) is 0 Å². The Kier molecular flexibility index (Phi) is 3.87. The van der Waals surface area contributed by atoms with Crippen LogP contribution in [0.15, 0.2) is 10.7 Å². The van der Waals surface area contributed by atoms with Crippen LogP contribution in [-0.4, -0.2) is 54.5 Å². The molecule has 0 bridgehead atoms. The predicted octanol–water partition coefficient (Wildman–Crippen LogP) is 1.20. The molecule has 3 heterocycles. The normalized spacial score (nSPS) is 23.9. The van der Waals surface area contributed by atoms with Crippen molar-refractivity contribution in [3.63, 3.8) is 0 Å². The number of aliphatic hydroxyl groups is 1. The van der Waals surface area contributed by atoms with Crippen LogP contribution in [0.5, 0.6) is 0 Å². The van der Waals surface area contributed by atoms with Gasteiger partial charge in [-0.1, -0.05) is 5.16 Å². The Morgan fingerprint density at radius 2 is 2.28 bits per heavy atom. The van der Waals surface area contributed by atoms with E-state index in [1.807, 2.05) is 13.1 Å². The van der Waals surface area contributed by atoms with Crippen molar-refractivity contribution >= 4 is 5.91 Å². The maximum absolute atomic E-state index is 12.8. The number of hydrogen-bond donors (Lipinski definition) is 1. The van der Waals surface area contributed by atoms with E-state index in [2.05, 4.69) is 15.2 Å². The Morgan fingerprint density at radius 1 is 1.48 bits per heavy atom. The first-order valence-corrected chi connectivity index (χ1v) is 8.78. The summed E-state index contributed by atoms with van der Waals surface area (Å²) < 4.78 is 6.93. The van der Waals surface area contributed by atoms with E-state index in [9.17, 15) is 9.90 Å². The van der Waals surface area contributed by atoms with Crippen molar-refractivity contribution in [2.45, 2.75) is 50.5 Å². The van der Waals surface area contributed by atoms with Crippen LogP contribution >= 0.6 is 0 Å². The largest absolute Gasteiger partial charge is 0.388 e. The average molecular weight is 345 g/mol. The molecule has 4 rings (SSSR count). The fraction of sp³-hybridized carbons (Fsp3) is 0.647. The number of rotatable bonds is 4. The van der Waals surface area contributed by atoms with Crippen molar-refractivity contribution in [2.24, 2.45) is 7.05 Å². The summed E-state index contributed by atoms with van der Waals surface area (Å²) in [5.41, 5.74) is 0.248. The second-order valence-electron chi connectivity index (χ2n) is 7.39. The zero-order valence-electron chi connectivity index (χ0n) is 14.6. The Bertz CT molecular complexity index is 794. The van der Waals surface area contributed by atoms with Gasteiger partial charge in [-0.05, 0) is 32.6 Å². The van der Waals surface area contributed by atoms with Gasteiger partial charge in [0.25, 0.3) is 5.91 Å². The van der Waals surface area contributed by atoms with E-state index >= 15 is 0 Å². The van der Waals surface area contributed by atoms with E-state index in [4.69, 9.17) is 4.52 Å². The highest BCUT2D eigenvalue weighted by Gasteiger charge is 2.38. The lowest BCUT2D eigenvalue weighted by atomic mass is 9.89. The first-order chi connectivity index (χ1) is 11.9. The van der Waals surface area contributed by atoms with Crippen molar-refractivity contribution in [3.05, 3.63) is 29.2 Å². The quantitative estimate of drug-likeness (QED) is 0.894. The Balaban J connectivity index is 1.47. The fourth-order valence-electron chi connectivity index (χ4n) is 3.53. The van der Waals surface area contributed by atoms with Crippen LogP contribution in [-0.2, 0) is 13.5 Å². The van der Waals surface area contributed by atoms with Crippen molar-refractivity contribution in [1.82, 2.24) is 24.8 Å². The molecule has 1 atom stereocenters. The molecule has 1 unspecified atom stereocenters. The smallest absolute Gasteiger partial charge is 0.274 e. The van der Waals surface area contributed by atoms with Crippen LogP contribution in [0.3, 0.4) is 0 Å². The molecule has 2 fully saturated rings. The van der Waals surface area contributed by atoms with E-state index in [0.29, 0.717) is 30.5 Å². The number of carbonyl (C=O) groups excluding carboxylic acids is 1. The number of carbonyl (C=O) groups is 1. The second kappa shape index (κ2) is 5.94. The van der Waals surface area contributed by atoms with Crippen LogP contribution in [0.2, 0.25) is 0 Å². The maximum Gasteiger partial charge on any atom is 0.274 e. The van der Waals surface area contributed by atoms with E-state index < -0.39 is 5.60 Å². The molecule has 1 saturated heterocycles. The highest BCUT2D eigenvalue weighted by molar-refractivity contribution is 5.93. The van der Waals surface area contributed by atoms with Crippen LogP contribution in [0.1, 0.15) is 59.4 Å². The average Bonchev–Trinajstić information content (AvgIpc) is 3.22. The molecular formula is C17H23N5O3. The highest BCUT2D eigenvalue weighted by atomic mass is 16.5. The number of hydrogen-bond acceptors (Lipinski definition) is 6. The minimum absolute atomic E-state index is 0.138. The molecule has 2 aliphatic rings. The minimum Gasteiger partial charge on any atom is -0.388 e. The summed E-state index contributed by atoms with van der Waals surface area (Å²) in [5.74, 6) is 1.48. The number of likely N-dealkylation sites (tertiary alicyclic amines) is 1. The summed E-state index contributed by atoms with van der Waals surface area (Å²) >= 11 is 0. The Hall–Kier alpha value is -2.22. The number of aromatic nitrogens is 4. The molecule has 1 amide bonds. The van der Waals surface area contributed by atoms with Gasteiger partial charge in [0.2, 0.25) is 5.89 Å². The molecule has 8 nitrogen and oxygen atoms in total. The Labute approximate surface area is 145 Å². The van der Waals surface area contributed by atoms with E-state index in [1.165, 1.54) is 0 Å². The molecule has 0 spiro atoms. The zero-order chi connectivity index (χ0) is 17.6. The van der Waals surface area contributed by atoms with Gasteiger partial charge in [0, 0.05) is 31.3 Å². The molecule has 25 heavy (non-hydrogen) atoms. The van der Waals surface area contributed by atoms with Crippen LogP contribution in [0, 0.1) is 6.92 Å². The van der Waals surface area contributed by atoms with Gasteiger partial charge in [-0.3, -0.25) is 9.48 Å². The predicted molar refractivity (Wildman–Crippen MR) is 88.0 cm³/mol. The zero-order valence-corrected chi connectivity index (χ0v) is 14.6. The van der Waals surface area contributed by atoms with E-state index in [0.717, 1.165) is 30.7 Å². The van der Waals surface area contributed by atoms with Crippen molar-refractivity contribution in [2.75, 3.05) is 13.1 Å². The first kappa shape index (κ1) is 16.3. The molecule has 0 radical (unpaired) electrons. The molecule has 1 aliphatic carbocycles. The van der Waals surface area contributed by atoms with Crippen molar-refractivity contribution in [3.8, 4) is 0 Å². The minimum atomic E-state index is -1.04. The topological polar surface area (TPSA) is 97.3 Å². The summed E-state index contributed by atoms with van der Waals surface area (Å²) in [6.45, 7) is 2.74. The third-order valence-electron chi connectivity index (χ3n) is 4.96. The van der Waals surface area contributed by atoms with E-state index in [-0.39, 0.29) is 18.9 Å². The van der Waals surface area contributed by atoms with Gasteiger partial charge in [-0.15, -0.1) is 0 Å². The van der Waals surface area contributed by atoms with Crippen LogP contribution in [0.4, 0.5) is 0 Å². The molecule has 8 heteroatoms. The van der Waals surface area contributed by atoms with Gasteiger partial charge < -0.3 is 14.5 Å². The first-order valence-electron chi connectivity index (χ1n) is 8.78. The molecule has 2 aromatic rings. The summed E-state index contributed by atoms with van der Waals surface area (Å²) in [7, 11) is 1.79. The summed E-state index contributed by atoms with van der Waals surface area (Å²) in [6, 6.07) is 0. The summed E-state index contributed by atoms with van der Waals surface area (Å²) in [4.78, 5) is 18.8. The molecule has 2 aromatic heterocycles. The molecule has 1 aliphatic heterocycles. The third-order valence-corrected chi connectivity index (χ3v) is 4.96. The molecular weight excluding hydrogens is 322 g/mol. The number of amides is 1. The Morgan fingerprint density at radius 3 is 2.96 bits per heavy atom. The third kappa shape index (κ3) is 3.30. The standard InChI is InChI=1S/C17H23N5O3/c1-11-9-21(2)19-14(11)16(23)22-7-3-6-17(24,10-22)8-13-18-15(20-25-13)12-4-5-12/h9,12,24H,3-8,10H2,1-2H3. The SMILES string of the molecule is Cc1cn(C)nc1C(=O)N1CCCC(O)(Cc2nc(C3CC3)no2)C1. The van der Waals surface area contributed by atoms with E-state index in [1.54, 1.807) is 16.6 Å². The number of piperidine rings is 1. The summed E-state index contributed by atoms with van der Waals surface area (Å²) in [6.07, 6.45) is 5.65. The summed E-state index contributed by atoms with van der Waals surface area (Å²) in [5, 5.41) is 19.2. The molecule has 1 N–H and O–H groups in total. The van der Waals surface area contributed by atoms with Crippen LogP contribution in [0.25, 0.3) is 0 Å². The number of nitrogens with zero attached hydrogens (tertiary/aromatic N) is 5. The van der Waals surface area contributed by atoms with Gasteiger partial charge in [-0.25, -0.2) is 0 Å². The van der Waals surface area contributed by atoms with Gasteiger partial charge in [0.15, 0.2) is 11.5 Å². The monoisotopic (exact) mass is 345 g/mol. The molecule has 1 saturated carbocycles. The lowest BCUT2D eigenvalue weighted by molar-refractivity contribution is -0.0288. The fourth-order valence-corrected chi connectivity index (χ4v) is 3.53. The molecule has 0 aromatic carbocycles. The number of β-amino-alcohol motifs (C(OH)–C–C–N with tert-alkyl or cyclic N) is 1. The number of aryl methyl sites for hydroxylation is 2. The van der Waals surface area contributed by atoms with Gasteiger partial charge >= 0.3 is 0 Å². The van der Waals surface area contributed by atoms with Crippen molar-refractivity contribution in [1.29, 1.82) is 0 Å². The lowest BCUT2D eigenvalue weighted by Gasteiger charge is -2.38. The van der Waals surface area contributed by atoms with Crippen molar-refractivity contribution < 1.29 is 14.4 Å². The maximum atomic E-state index is 12.8. The second-order valence-corrected chi connectivity index (χ2v) is 7.39. The lowest BCUT2D eigenvalue weighted by Crippen LogP contribution is -2.51. The molecule has 134 valence electrons. The highest BCUT2D eigenvalue weighted by Crippen LogP contribution is 2.38.